The number of ether oxygens (including phenoxy) is 1. The Morgan fingerprint density at radius 3 is 2.83 bits per heavy atom. The molecule has 2 aromatic rings. The third kappa shape index (κ3) is 5.60. The molecule has 2 rings (SSSR count). The number of nitrogens with zero attached hydrogens (tertiary/aromatic N) is 1. The van der Waals surface area contributed by atoms with Crippen molar-refractivity contribution in [3.05, 3.63) is 51.7 Å². The molecule has 0 fully saturated rings. The highest BCUT2D eigenvalue weighted by molar-refractivity contribution is 7.10. The molecule has 0 aliphatic carbocycles. The van der Waals surface area contributed by atoms with Crippen molar-refractivity contribution < 1.29 is 4.74 Å². The molecular weight excluding hydrogens is 306 g/mol. The van der Waals surface area contributed by atoms with Gasteiger partial charge in [-0.3, -0.25) is 0 Å². The predicted octanol–water partition coefficient (Wildman–Crippen LogP) is 3.36. The molecule has 0 bridgehead atoms. The van der Waals surface area contributed by atoms with Gasteiger partial charge in [0.05, 0.1) is 13.7 Å². The standard InChI is InChI=1S/C18H25N3OS/c1-4-19-18(21-13-17-14(2)9-11-23-17)20-10-8-15-6-5-7-16(12-15)22-3/h5-7,9,11-12H,4,8,10,13H2,1-3H3,(H2,19,20,21). The summed E-state index contributed by atoms with van der Waals surface area (Å²) in [5.41, 5.74) is 2.56. The molecule has 0 atom stereocenters. The summed E-state index contributed by atoms with van der Waals surface area (Å²) in [6.07, 6.45) is 0.930. The lowest BCUT2D eigenvalue weighted by molar-refractivity contribution is 0.414. The molecule has 0 spiro atoms. The van der Waals surface area contributed by atoms with Gasteiger partial charge < -0.3 is 15.4 Å². The minimum absolute atomic E-state index is 0.720. The van der Waals surface area contributed by atoms with E-state index in [9.17, 15) is 0 Å². The third-order valence-corrected chi connectivity index (χ3v) is 4.54. The summed E-state index contributed by atoms with van der Waals surface area (Å²) in [6, 6.07) is 10.3. The van der Waals surface area contributed by atoms with Crippen molar-refractivity contribution >= 4 is 17.3 Å². The van der Waals surface area contributed by atoms with Gasteiger partial charge in [0.1, 0.15) is 5.75 Å². The van der Waals surface area contributed by atoms with Crippen molar-refractivity contribution in [2.75, 3.05) is 20.2 Å². The largest absolute Gasteiger partial charge is 0.497 e. The van der Waals surface area contributed by atoms with Crippen LogP contribution in [-0.2, 0) is 13.0 Å². The zero-order chi connectivity index (χ0) is 16.5. The summed E-state index contributed by atoms with van der Waals surface area (Å²) < 4.78 is 5.26. The van der Waals surface area contributed by atoms with E-state index in [-0.39, 0.29) is 0 Å². The van der Waals surface area contributed by atoms with Crippen LogP contribution in [0.5, 0.6) is 5.75 Å². The number of nitrogens with one attached hydrogen (secondary N) is 2. The molecule has 4 nitrogen and oxygen atoms in total. The highest BCUT2D eigenvalue weighted by Gasteiger charge is 2.02. The van der Waals surface area contributed by atoms with Crippen molar-refractivity contribution in [3.8, 4) is 5.75 Å². The lowest BCUT2D eigenvalue weighted by atomic mass is 10.1. The predicted molar refractivity (Wildman–Crippen MR) is 98.6 cm³/mol. The third-order valence-electron chi connectivity index (χ3n) is 3.53. The SMILES string of the molecule is CCNC(=NCc1sccc1C)NCCc1cccc(OC)c1. The topological polar surface area (TPSA) is 45.7 Å². The van der Waals surface area contributed by atoms with Gasteiger partial charge in [-0.15, -0.1) is 11.3 Å². The number of aryl methyl sites for hydroxylation is 1. The molecule has 5 heteroatoms. The first kappa shape index (κ1) is 17.3. The van der Waals surface area contributed by atoms with Crippen LogP contribution in [-0.4, -0.2) is 26.2 Å². The van der Waals surface area contributed by atoms with Crippen LogP contribution in [0.2, 0.25) is 0 Å². The Balaban J connectivity index is 1.87. The summed E-state index contributed by atoms with van der Waals surface area (Å²) in [6.45, 7) is 6.62. The number of benzene rings is 1. The van der Waals surface area contributed by atoms with Gasteiger partial charge >= 0.3 is 0 Å². The van der Waals surface area contributed by atoms with E-state index in [1.165, 1.54) is 16.0 Å². The lowest BCUT2D eigenvalue weighted by Crippen LogP contribution is -2.38. The Morgan fingerprint density at radius 1 is 1.26 bits per heavy atom. The minimum Gasteiger partial charge on any atom is -0.497 e. The van der Waals surface area contributed by atoms with Gasteiger partial charge in [-0.2, -0.15) is 0 Å². The van der Waals surface area contributed by atoms with E-state index < -0.39 is 0 Å². The van der Waals surface area contributed by atoms with Crippen LogP contribution >= 0.6 is 11.3 Å². The summed E-state index contributed by atoms with van der Waals surface area (Å²) in [4.78, 5) is 5.98. The first-order valence-corrected chi connectivity index (χ1v) is 8.79. The second-order valence-electron chi connectivity index (χ2n) is 5.25. The molecule has 0 unspecified atom stereocenters. The fourth-order valence-corrected chi connectivity index (χ4v) is 3.04. The second kappa shape index (κ2) is 9.20. The smallest absolute Gasteiger partial charge is 0.191 e. The molecule has 0 saturated carbocycles. The van der Waals surface area contributed by atoms with E-state index in [1.807, 2.05) is 12.1 Å². The number of aliphatic imine (C=N–C) groups is 1. The zero-order valence-electron chi connectivity index (χ0n) is 14.1. The normalized spacial score (nSPS) is 11.3. The molecule has 0 aliphatic heterocycles. The van der Waals surface area contributed by atoms with Crippen LogP contribution in [0.15, 0.2) is 40.7 Å². The first-order valence-electron chi connectivity index (χ1n) is 7.91. The van der Waals surface area contributed by atoms with Gasteiger partial charge in [0.25, 0.3) is 0 Å². The van der Waals surface area contributed by atoms with Crippen LogP contribution in [0.25, 0.3) is 0 Å². The summed E-state index contributed by atoms with van der Waals surface area (Å²) in [5, 5.41) is 8.80. The summed E-state index contributed by atoms with van der Waals surface area (Å²) >= 11 is 1.76. The lowest BCUT2D eigenvalue weighted by Gasteiger charge is -2.11. The van der Waals surface area contributed by atoms with E-state index in [1.54, 1.807) is 18.4 Å². The van der Waals surface area contributed by atoms with Gasteiger partial charge in [0.2, 0.25) is 0 Å². The van der Waals surface area contributed by atoms with Crippen molar-refractivity contribution in [2.24, 2.45) is 4.99 Å². The molecule has 1 aromatic heterocycles. The second-order valence-corrected chi connectivity index (χ2v) is 6.25. The van der Waals surface area contributed by atoms with E-state index in [0.29, 0.717) is 0 Å². The maximum absolute atomic E-state index is 5.26. The van der Waals surface area contributed by atoms with E-state index in [2.05, 4.69) is 53.1 Å². The number of methoxy groups -OCH3 is 1. The Hall–Kier alpha value is -2.01. The van der Waals surface area contributed by atoms with E-state index >= 15 is 0 Å². The van der Waals surface area contributed by atoms with Crippen LogP contribution in [0, 0.1) is 6.92 Å². The molecule has 0 amide bonds. The quantitative estimate of drug-likeness (QED) is 0.604. The average molecular weight is 331 g/mol. The van der Waals surface area contributed by atoms with Crippen LogP contribution in [0.3, 0.4) is 0 Å². The summed E-state index contributed by atoms with van der Waals surface area (Å²) in [5.74, 6) is 1.76. The van der Waals surface area contributed by atoms with Crippen LogP contribution < -0.4 is 15.4 Å². The van der Waals surface area contributed by atoms with Gasteiger partial charge in [0, 0.05) is 18.0 Å². The van der Waals surface area contributed by atoms with Crippen molar-refractivity contribution in [1.29, 1.82) is 0 Å². The minimum atomic E-state index is 0.720. The Kier molecular flexibility index (Phi) is 6.94. The average Bonchev–Trinajstić information content (AvgIpc) is 2.98. The van der Waals surface area contributed by atoms with Gasteiger partial charge in [-0.1, -0.05) is 12.1 Å². The number of rotatable bonds is 7. The molecular formula is C18H25N3OS. The molecule has 1 heterocycles. The van der Waals surface area contributed by atoms with Crippen LogP contribution in [0.1, 0.15) is 22.9 Å². The van der Waals surface area contributed by atoms with Gasteiger partial charge in [-0.25, -0.2) is 4.99 Å². The molecule has 0 aliphatic rings. The van der Waals surface area contributed by atoms with Gasteiger partial charge in [-0.05, 0) is 55.0 Å². The number of thiophene rings is 1. The van der Waals surface area contributed by atoms with E-state index in [4.69, 9.17) is 4.74 Å². The molecule has 1 aromatic carbocycles. The van der Waals surface area contributed by atoms with Crippen molar-refractivity contribution in [1.82, 2.24) is 10.6 Å². The van der Waals surface area contributed by atoms with Crippen LogP contribution in [0.4, 0.5) is 0 Å². The maximum Gasteiger partial charge on any atom is 0.191 e. The van der Waals surface area contributed by atoms with E-state index in [0.717, 1.165) is 37.8 Å². The number of guanidine groups is 1. The summed E-state index contributed by atoms with van der Waals surface area (Å²) in [7, 11) is 1.69. The number of hydrogen-bond acceptors (Lipinski definition) is 3. The molecule has 23 heavy (non-hydrogen) atoms. The Morgan fingerprint density at radius 2 is 2.13 bits per heavy atom. The Bertz CT molecular complexity index is 637. The highest BCUT2D eigenvalue weighted by atomic mass is 32.1. The zero-order valence-corrected chi connectivity index (χ0v) is 14.9. The molecule has 0 radical (unpaired) electrons. The first-order chi connectivity index (χ1) is 11.2. The highest BCUT2D eigenvalue weighted by Crippen LogP contribution is 2.16. The molecule has 2 N–H and O–H groups in total. The molecule has 0 saturated heterocycles. The maximum atomic E-state index is 5.26. The van der Waals surface area contributed by atoms with Gasteiger partial charge in [0.15, 0.2) is 5.96 Å². The fraction of sp³-hybridized carbons (Fsp3) is 0.389. The van der Waals surface area contributed by atoms with Crippen molar-refractivity contribution in [2.45, 2.75) is 26.8 Å². The van der Waals surface area contributed by atoms with Crippen molar-refractivity contribution in [3.63, 3.8) is 0 Å². The fourth-order valence-electron chi connectivity index (χ4n) is 2.21. The molecule has 124 valence electrons. The monoisotopic (exact) mass is 331 g/mol. The number of hydrogen-bond donors (Lipinski definition) is 2. The Labute approximate surface area is 142 Å².